The summed E-state index contributed by atoms with van der Waals surface area (Å²) in [4.78, 5) is 9.94. The van der Waals surface area contributed by atoms with Gasteiger partial charge in [-0.1, -0.05) is 29.3 Å². The first-order valence-corrected chi connectivity index (χ1v) is 3.65. The van der Waals surface area contributed by atoms with Crippen molar-refractivity contribution in [2.75, 3.05) is 0 Å². The molecular weight excluding hydrogens is 183 g/mol. The lowest BCUT2D eigenvalue weighted by atomic mass is 10.2. The fourth-order valence-electron chi connectivity index (χ4n) is 0.682. The summed E-state index contributed by atoms with van der Waals surface area (Å²) in [6, 6.07) is 4.90. The van der Waals surface area contributed by atoms with E-state index in [-0.39, 0.29) is 0 Å². The van der Waals surface area contributed by atoms with Gasteiger partial charge in [-0.25, -0.2) is 4.79 Å². The average molecular weight is 187 g/mol. The Morgan fingerprint density at radius 2 is 2.09 bits per heavy atom. The minimum atomic E-state index is 0.459. The molecule has 0 spiro atoms. The van der Waals surface area contributed by atoms with Crippen molar-refractivity contribution in [1.82, 2.24) is 0 Å². The Bertz CT molecular complexity index is 314. The molecule has 0 atom stereocenters. The fraction of sp³-hybridized carbons (Fsp3) is 0. The van der Waals surface area contributed by atoms with E-state index in [0.29, 0.717) is 15.6 Å². The van der Waals surface area contributed by atoms with Crippen LogP contribution in [0.3, 0.4) is 0 Å². The van der Waals surface area contributed by atoms with Gasteiger partial charge in [0.15, 0.2) is 0 Å². The summed E-state index contributed by atoms with van der Waals surface area (Å²) in [6.07, 6.45) is 1.26. The summed E-state index contributed by atoms with van der Waals surface area (Å²) in [5.41, 5.74) is 0.631. The zero-order valence-electron chi connectivity index (χ0n) is 5.47. The molecule has 0 amide bonds. The van der Waals surface area contributed by atoms with Gasteiger partial charge in [0.25, 0.3) is 0 Å². The first-order chi connectivity index (χ1) is 5.24. The Balaban J connectivity index is 3.19. The van der Waals surface area contributed by atoms with Gasteiger partial charge in [0.1, 0.15) is 5.94 Å². The van der Waals surface area contributed by atoms with Crippen molar-refractivity contribution < 1.29 is 4.79 Å². The van der Waals surface area contributed by atoms with Crippen LogP contribution in [0.4, 0.5) is 0 Å². The standard InChI is InChI=1S/C8H4Cl2O/c9-7-2-1-6(3-4-11)8(10)5-7/h1-3,5H. The maximum atomic E-state index is 9.94. The average Bonchev–Trinajstić information content (AvgIpc) is 1.95. The predicted molar refractivity (Wildman–Crippen MR) is 46.6 cm³/mol. The summed E-state index contributed by atoms with van der Waals surface area (Å²) >= 11 is 11.3. The SMILES string of the molecule is O=C=Cc1ccc(Cl)cc1Cl. The second-order valence-electron chi connectivity index (χ2n) is 1.93. The number of hydrogen-bond donors (Lipinski definition) is 0. The third kappa shape index (κ3) is 2.09. The van der Waals surface area contributed by atoms with Gasteiger partial charge in [0, 0.05) is 16.7 Å². The van der Waals surface area contributed by atoms with E-state index in [0.717, 1.165) is 0 Å². The molecule has 1 rings (SSSR count). The van der Waals surface area contributed by atoms with E-state index in [4.69, 9.17) is 23.2 Å². The molecule has 0 bridgehead atoms. The van der Waals surface area contributed by atoms with Crippen LogP contribution in [-0.2, 0) is 4.79 Å². The fourth-order valence-corrected chi connectivity index (χ4v) is 1.15. The first kappa shape index (κ1) is 8.35. The quantitative estimate of drug-likeness (QED) is 0.617. The molecule has 0 aliphatic carbocycles. The Morgan fingerprint density at radius 3 is 2.64 bits per heavy atom. The minimum Gasteiger partial charge on any atom is -0.233 e. The Labute approximate surface area is 74.2 Å². The van der Waals surface area contributed by atoms with E-state index in [1.165, 1.54) is 6.08 Å². The first-order valence-electron chi connectivity index (χ1n) is 2.90. The van der Waals surface area contributed by atoms with E-state index in [1.807, 2.05) is 0 Å². The normalized spacial score (nSPS) is 8.91. The zero-order chi connectivity index (χ0) is 8.27. The molecule has 11 heavy (non-hydrogen) atoms. The molecule has 3 heteroatoms. The van der Waals surface area contributed by atoms with Gasteiger partial charge in [-0.15, -0.1) is 0 Å². The van der Waals surface area contributed by atoms with Crippen molar-refractivity contribution in [2.24, 2.45) is 0 Å². The Kier molecular flexibility index (Phi) is 2.72. The van der Waals surface area contributed by atoms with Crippen LogP contribution in [0.25, 0.3) is 6.08 Å². The lowest BCUT2D eigenvalue weighted by molar-refractivity contribution is 0.570. The summed E-state index contributed by atoms with van der Waals surface area (Å²) in [6.45, 7) is 0. The molecule has 1 aromatic carbocycles. The number of carbonyl (C=O) groups excluding carboxylic acids is 1. The molecule has 1 aromatic rings. The lowest BCUT2D eigenvalue weighted by Gasteiger charge is -1.95. The van der Waals surface area contributed by atoms with Crippen LogP contribution in [0.15, 0.2) is 18.2 Å². The van der Waals surface area contributed by atoms with E-state index in [1.54, 1.807) is 24.1 Å². The zero-order valence-corrected chi connectivity index (χ0v) is 6.99. The molecule has 0 unspecified atom stereocenters. The molecule has 0 N–H and O–H groups in total. The van der Waals surface area contributed by atoms with E-state index >= 15 is 0 Å². The second kappa shape index (κ2) is 3.59. The highest BCUT2D eigenvalue weighted by Crippen LogP contribution is 2.21. The summed E-state index contributed by atoms with van der Waals surface area (Å²) < 4.78 is 0. The third-order valence-corrected chi connectivity index (χ3v) is 1.74. The highest BCUT2D eigenvalue weighted by Gasteiger charge is 1.96. The largest absolute Gasteiger partial charge is 0.233 e. The van der Waals surface area contributed by atoms with Crippen LogP contribution < -0.4 is 0 Å². The molecular formula is C8H4Cl2O. The Hall–Kier alpha value is -0.750. The molecule has 0 fully saturated rings. The molecule has 0 saturated carbocycles. The van der Waals surface area contributed by atoms with E-state index in [9.17, 15) is 4.79 Å². The summed E-state index contributed by atoms with van der Waals surface area (Å²) in [7, 11) is 0. The molecule has 1 nitrogen and oxygen atoms in total. The monoisotopic (exact) mass is 186 g/mol. The van der Waals surface area contributed by atoms with Crippen LogP contribution in [0.5, 0.6) is 0 Å². The van der Waals surface area contributed by atoms with E-state index < -0.39 is 0 Å². The van der Waals surface area contributed by atoms with Gasteiger partial charge < -0.3 is 0 Å². The van der Waals surface area contributed by atoms with Crippen molar-refractivity contribution in [3.05, 3.63) is 33.8 Å². The smallest absolute Gasteiger partial charge is 0.125 e. The lowest BCUT2D eigenvalue weighted by Crippen LogP contribution is -1.74. The van der Waals surface area contributed by atoms with Crippen LogP contribution in [-0.4, -0.2) is 5.94 Å². The van der Waals surface area contributed by atoms with Crippen LogP contribution in [0.1, 0.15) is 5.56 Å². The molecule has 0 aliphatic rings. The molecule has 0 saturated heterocycles. The van der Waals surface area contributed by atoms with Gasteiger partial charge in [-0.3, -0.25) is 0 Å². The number of halogens is 2. The second-order valence-corrected chi connectivity index (χ2v) is 2.77. The van der Waals surface area contributed by atoms with Crippen molar-refractivity contribution in [3.63, 3.8) is 0 Å². The van der Waals surface area contributed by atoms with Crippen molar-refractivity contribution in [2.45, 2.75) is 0 Å². The highest BCUT2D eigenvalue weighted by atomic mass is 35.5. The predicted octanol–water partition coefficient (Wildman–Crippen LogP) is 2.84. The van der Waals surface area contributed by atoms with Crippen molar-refractivity contribution in [3.8, 4) is 0 Å². The summed E-state index contributed by atoms with van der Waals surface area (Å²) in [5, 5.41) is 1.01. The van der Waals surface area contributed by atoms with Gasteiger partial charge in [-0.05, 0) is 12.1 Å². The van der Waals surface area contributed by atoms with Crippen LogP contribution >= 0.6 is 23.2 Å². The molecule has 0 radical (unpaired) electrons. The molecule has 56 valence electrons. The van der Waals surface area contributed by atoms with Gasteiger partial charge in [-0.2, -0.15) is 0 Å². The van der Waals surface area contributed by atoms with Gasteiger partial charge in [0.2, 0.25) is 0 Å². The molecule has 0 aromatic heterocycles. The van der Waals surface area contributed by atoms with Crippen LogP contribution in [0, 0.1) is 0 Å². The topological polar surface area (TPSA) is 17.1 Å². The van der Waals surface area contributed by atoms with Crippen molar-refractivity contribution >= 4 is 35.2 Å². The van der Waals surface area contributed by atoms with E-state index in [2.05, 4.69) is 0 Å². The highest BCUT2D eigenvalue weighted by molar-refractivity contribution is 6.35. The van der Waals surface area contributed by atoms with Gasteiger partial charge >= 0.3 is 0 Å². The van der Waals surface area contributed by atoms with Gasteiger partial charge in [0.05, 0.1) is 5.02 Å². The maximum Gasteiger partial charge on any atom is 0.125 e. The minimum absolute atomic E-state index is 0.459. The third-order valence-electron chi connectivity index (χ3n) is 1.18. The number of hydrogen-bond acceptors (Lipinski definition) is 1. The molecule has 0 heterocycles. The maximum absolute atomic E-state index is 9.94. The van der Waals surface area contributed by atoms with Crippen LogP contribution in [0.2, 0.25) is 10.0 Å². The number of rotatable bonds is 1. The Morgan fingerprint density at radius 1 is 1.36 bits per heavy atom. The van der Waals surface area contributed by atoms with Crippen molar-refractivity contribution in [1.29, 1.82) is 0 Å². The number of benzene rings is 1. The summed E-state index contributed by atoms with van der Waals surface area (Å²) in [5.74, 6) is 1.64. The molecule has 0 aliphatic heterocycles.